The normalized spacial score (nSPS) is 13.0. The van der Waals surface area contributed by atoms with Gasteiger partial charge in [0.2, 0.25) is 0 Å². The zero-order valence-electron chi connectivity index (χ0n) is 30.2. The van der Waals surface area contributed by atoms with Crippen molar-refractivity contribution in [3.63, 3.8) is 0 Å². The molecule has 0 atom stereocenters. The molecule has 8 nitrogen and oxygen atoms in total. The molecule has 0 saturated heterocycles. The van der Waals surface area contributed by atoms with E-state index in [4.69, 9.17) is 0 Å². The van der Waals surface area contributed by atoms with Crippen LogP contribution in [0.3, 0.4) is 0 Å². The van der Waals surface area contributed by atoms with Crippen molar-refractivity contribution in [1.29, 1.82) is 0 Å². The maximum Gasteiger partial charge on any atom is 0.131 e. The number of benzene rings is 2. The predicted molar refractivity (Wildman–Crippen MR) is 205 cm³/mol. The highest BCUT2D eigenvalue weighted by Crippen LogP contribution is 2.55. The second-order valence-electron chi connectivity index (χ2n) is 14.1. The lowest BCUT2D eigenvalue weighted by Gasteiger charge is -2.33. The van der Waals surface area contributed by atoms with E-state index in [1.807, 2.05) is 58.2 Å². The number of nitrogens with zero attached hydrogens (tertiary/aromatic N) is 8. The van der Waals surface area contributed by atoms with Gasteiger partial charge in [-0.2, -0.15) is 0 Å². The highest BCUT2D eigenvalue weighted by molar-refractivity contribution is 5.83. The molecular weight excluding hydrogens is 629 g/mol. The van der Waals surface area contributed by atoms with Crippen LogP contribution in [0.4, 0.5) is 0 Å². The second kappa shape index (κ2) is 16.4. The Morgan fingerprint density at radius 1 is 0.490 bits per heavy atom. The molecule has 0 radical (unpaired) electrons. The van der Waals surface area contributed by atoms with Crippen LogP contribution in [-0.4, -0.2) is 40.0 Å². The van der Waals surface area contributed by atoms with E-state index in [2.05, 4.69) is 80.8 Å². The zero-order valence-corrected chi connectivity index (χ0v) is 30.2. The summed E-state index contributed by atoms with van der Waals surface area (Å²) in [5.41, 5.74) is 10.6. The Hall–Kier alpha value is -4.98. The zero-order chi connectivity index (χ0) is 34.9. The van der Waals surface area contributed by atoms with Gasteiger partial charge in [0.15, 0.2) is 0 Å². The van der Waals surface area contributed by atoms with E-state index in [1.54, 1.807) is 12.4 Å². The molecule has 2 aromatic carbocycles. The molecule has 0 bridgehead atoms. The average Bonchev–Trinajstić information content (AvgIpc) is 3.94. The van der Waals surface area contributed by atoms with Gasteiger partial charge < -0.3 is 0 Å². The average molecular weight is 679 g/mol. The summed E-state index contributed by atoms with van der Waals surface area (Å²) in [7, 11) is 0. The third kappa shape index (κ3) is 7.55. The van der Waals surface area contributed by atoms with E-state index in [0.717, 1.165) is 47.0 Å². The van der Waals surface area contributed by atoms with Gasteiger partial charge >= 0.3 is 0 Å². The molecule has 262 valence electrons. The van der Waals surface area contributed by atoms with Crippen LogP contribution in [0.5, 0.6) is 0 Å². The fourth-order valence-corrected chi connectivity index (χ4v) is 7.88. The number of hydrogen-bond acceptors (Lipinski definition) is 6. The molecule has 4 aromatic heterocycles. The number of hydrogen-bond donors (Lipinski definition) is 0. The van der Waals surface area contributed by atoms with Gasteiger partial charge in [-0.15, -0.1) is 10.2 Å². The molecule has 0 spiro atoms. The van der Waals surface area contributed by atoms with Gasteiger partial charge in [-0.3, -0.25) is 9.97 Å². The Labute approximate surface area is 302 Å². The van der Waals surface area contributed by atoms with Gasteiger partial charge in [-0.25, -0.2) is 9.36 Å². The third-order valence-electron chi connectivity index (χ3n) is 10.6. The summed E-state index contributed by atoms with van der Waals surface area (Å²) < 4.78 is 3.82. The highest BCUT2D eigenvalue weighted by Gasteiger charge is 2.43. The lowest BCUT2D eigenvalue weighted by atomic mass is 9.70. The summed E-state index contributed by atoms with van der Waals surface area (Å²) in [4.78, 5) is 9.01. The van der Waals surface area contributed by atoms with Crippen LogP contribution in [-0.2, 0) is 5.41 Å². The van der Waals surface area contributed by atoms with Crippen LogP contribution in [0.15, 0.2) is 97.6 Å². The number of rotatable bonds is 18. The lowest BCUT2D eigenvalue weighted by molar-refractivity contribution is 0.397. The van der Waals surface area contributed by atoms with Crippen LogP contribution < -0.4 is 0 Å². The summed E-state index contributed by atoms with van der Waals surface area (Å²) >= 11 is 0. The summed E-state index contributed by atoms with van der Waals surface area (Å²) in [6, 6.07) is 25.6. The largest absolute Gasteiger partial charge is 0.254 e. The van der Waals surface area contributed by atoms with Crippen molar-refractivity contribution < 1.29 is 0 Å². The molecule has 1 aliphatic rings. The maximum absolute atomic E-state index is 4.58. The van der Waals surface area contributed by atoms with Crippen molar-refractivity contribution >= 4 is 0 Å². The molecule has 0 N–H and O–H groups in total. The van der Waals surface area contributed by atoms with Gasteiger partial charge in [-0.1, -0.05) is 126 Å². The SMILES string of the molecule is CCCCCCCCC1(CCCCCCCC)c2cc(-n3cc(-c4ccccn4)nn3)ccc2-c2ccc(-n3cc(-c4ccccn4)nn3)cc21. The summed E-state index contributed by atoms with van der Waals surface area (Å²) in [5, 5.41) is 18.2. The van der Waals surface area contributed by atoms with Crippen molar-refractivity contribution in [2.75, 3.05) is 0 Å². The first-order chi connectivity index (χ1) is 25.2. The fourth-order valence-electron chi connectivity index (χ4n) is 7.88. The first kappa shape index (κ1) is 34.5. The van der Waals surface area contributed by atoms with Crippen LogP contribution >= 0.6 is 0 Å². The van der Waals surface area contributed by atoms with E-state index in [9.17, 15) is 0 Å². The van der Waals surface area contributed by atoms with E-state index in [-0.39, 0.29) is 5.41 Å². The number of aromatic nitrogens is 8. The summed E-state index contributed by atoms with van der Waals surface area (Å²) in [6.07, 6.45) is 25.1. The van der Waals surface area contributed by atoms with Crippen molar-refractivity contribution in [3.8, 4) is 45.3 Å². The molecule has 6 aromatic rings. The Morgan fingerprint density at radius 2 is 0.941 bits per heavy atom. The Balaban J connectivity index is 1.28. The van der Waals surface area contributed by atoms with E-state index < -0.39 is 0 Å². The smallest absolute Gasteiger partial charge is 0.131 e. The minimum atomic E-state index is -0.110. The maximum atomic E-state index is 4.58. The molecule has 0 unspecified atom stereocenters. The molecule has 1 aliphatic carbocycles. The van der Waals surface area contributed by atoms with E-state index in [1.165, 1.54) is 99.3 Å². The van der Waals surface area contributed by atoms with Gasteiger partial charge in [0, 0.05) is 17.8 Å². The molecule has 51 heavy (non-hydrogen) atoms. The van der Waals surface area contributed by atoms with Crippen molar-refractivity contribution in [1.82, 2.24) is 40.0 Å². The molecule has 0 saturated carbocycles. The van der Waals surface area contributed by atoms with Gasteiger partial charge in [-0.05, 0) is 83.6 Å². The molecule has 4 heterocycles. The highest BCUT2D eigenvalue weighted by atomic mass is 15.4. The quantitative estimate of drug-likeness (QED) is 0.0841. The van der Waals surface area contributed by atoms with Crippen molar-refractivity contribution in [2.24, 2.45) is 0 Å². The van der Waals surface area contributed by atoms with Gasteiger partial charge in [0.1, 0.15) is 11.4 Å². The first-order valence-corrected chi connectivity index (χ1v) is 19.2. The standard InChI is InChI=1S/C43H50N8/c1-3-5-7-9-11-15-25-43(26-16-12-10-8-6-4-2)37-29-33(50-31-41(46-48-50)39-19-13-17-27-44-39)21-23-35(37)36-24-22-34(30-38(36)43)51-32-42(47-49-51)40-20-14-18-28-45-40/h13-14,17-24,27-32H,3-12,15-16,25-26H2,1-2H3. The molecule has 8 heteroatoms. The van der Waals surface area contributed by atoms with Crippen LogP contribution in [0.25, 0.3) is 45.3 Å². The minimum absolute atomic E-state index is 0.110. The van der Waals surface area contributed by atoms with Crippen LogP contribution in [0.1, 0.15) is 115 Å². The minimum Gasteiger partial charge on any atom is -0.254 e. The predicted octanol–water partition coefficient (Wildman–Crippen LogP) is 10.7. The topological polar surface area (TPSA) is 87.2 Å². The monoisotopic (exact) mass is 678 g/mol. The Kier molecular flexibility index (Phi) is 11.1. The summed E-state index contributed by atoms with van der Waals surface area (Å²) in [6.45, 7) is 4.58. The second-order valence-corrected chi connectivity index (χ2v) is 14.1. The fraction of sp³-hybridized carbons (Fsp3) is 0.395. The third-order valence-corrected chi connectivity index (χ3v) is 10.6. The van der Waals surface area contributed by atoms with Gasteiger partial charge in [0.05, 0.1) is 35.2 Å². The number of pyridine rings is 2. The van der Waals surface area contributed by atoms with Crippen LogP contribution in [0.2, 0.25) is 0 Å². The van der Waals surface area contributed by atoms with E-state index in [0.29, 0.717) is 0 Å². The van der Waals surface area contributed by atoms with Gasteiger partial charge in [0.25, 0.3) is 0 Å². The Bertz CT molecular complexity index is 1850. The molecule has 7 rings (SSSR count). The number of fused-ring (bicyclic) bond motifs is 3. The lowest BCUT2D eigenvalue weighted by Crippen LogP contribution is -2.26. The Morgan fingerprint density at radius 3 is 1.37 bits per heavy atom. The van der Waals surface area contributed by atoms with E-state index >= 15 is 0 Å². The van der Waals surface area contributed by atoms with Crippen molar-refractivity contribution in [3.05, 3.63) is 109 Å². The molecular formula is C43H50N8. The number of unbranched alkanes of at least 4 members (excludes halogenated alkanes) is 10. The molecule has 0 amide bonds. The van der Waals surface area contributed by atoms with Crippen molar-refractivity contribution in [2.45, 2.75) is 109 Å². The molecule has 0 fully saturated rings. The van der Waals surface area contributed by atoms with Crippen LogP contribution in [0, 0.1) is 0 Å². The molecule has 0 aliphatic heterocycles. The summed E-state index contributed by atoms with van der Waals surface area (Å²) in [5.74, 6) is 0. The first-order valence-electron chi connectivity index (χ1n) is 19.2.